The molecular formula is C10H8N2O3. The number of carbonyl (C=O) groups is 1. The second kappa shape index (κ2) is 3.83. The van der Waals surface area contributed by atoms with Crippen LogP contribution in [0.1, 0.15) is 10.5 Å². The lowest BCUT2D eigenvalue weighted by molar-refractivity contribution is 0.0688. The molecule has 0 unspecified atom stereocenters. The van der Waals surface area contributed by atoms with Gasteiger partial charge in [0, 0.05) is 0 Å². The zero-order valence-corrected chi connectivity index (χ0v) is 7.68. The van der Waals surface area contributed by atoms with E-state index in [1.807, 2.05) is 6.07 Å². The number of benzene rings is 1. The fraction of sp³-hybridized carbons (Fsp3) is 0. The molecule has 0 saturated carbocycles. The number of ether oxygens (including phenoxy) is 1. The van der Waals surface area contributed by atoms with E-state index in [1.54, 1.807) is 24.3 Å². The third-order valence-corrected chi connectivity index (χ3v) is 1.79. The number of aromatic carboxylic acids is 1. The molecule has 76 valence electrons. The van der Waals surface area contributed by atoms with Crippen molar-refractivity contribution >= 4 is 5.97 Å². The van der Waals surface area contributed by atoms with Crippen LogP contribution in [0.2, 0.25) is 0 Å². The molecule has 0 amide bonds. The van der Waals surface area contributed by atoms with Crippen molar-refractivity contribution in [3.8, 4) is 11.5 Å². The van der Waals surface area contributed by atoms with E-state index < -0.39 is 5.97 Å². The fourth-order valence-electron chi connectivity index (χ4n) is 1.12. The van der Waals surface area contributed by atoms with E-state index in [0.717, 1.165) is 0 Å². The molecule has 0 atom stereocenters. The Labute approximate surface area is 85.3 Å². The van der Waals surface area contributed by atoms with Crippen LogP contribution in [-0.2, 0) is 0 Å². The van der Waals surface area contributed by atoms with Crippen molar-refractivity contribution in [1.29, 1.82) is 0 Å². The van der Waals surface area contributed by atoms with Gasteiger partial charge in [-0.15, -0.1) is 0 Å². The molecule has 1 heterocycles. The number of carboxylic acid groups (broad SMARTS) is 1. The standard InChI is InChI=1S/C10H8N2O3/c13-10(14)9-8(6-11-12-9)15-7-4-2-1-3-5-7/h1-6H,(H,11,12)(H,13,14). The summed E-state index contributed by atoms with van der Waals surface area (Å²) in [6, 6.07) is 8.92. The van der Waals surface area contributed by atoms with E-state index in [2.05, 4.69) is 10.2 Å². The summed E-state index contributed by atoms with van der Waals surface area (Å²) in [5.41, 5.74) is -0.0566. The van der Waals surface area contributed by atoms with Crippen molar-refractivity contribution in [2.45, 2.75) is 0 Å². The Morgan fingerprint density at radius 2 is 2.07 bits per heavy atom. The van der Waals surface area contributed by atoms with Gasteiger partial charge in [-0.25, -0.2) is 4.79 Å². The van der Waals surface area contributed by atoms with Crippen LogP contribution in [0, 0.1) is 0 Å². The van der Waals surface area contributed by atoms with Gasteiger partial charge in [0.1, 0.15) is 5.75 Å². The normalized spacial score (nSPS) is 9.87. The molecule has 0 radical (unpaired) electrons. The van der Waals surface area contributed by atoms with Gasteiger partial charge in [-0.1, -0.05) is 18.2 Å². The number of aromatic amines is 1. The molecule has 1 aromatic carbocycles. The maximum Gasteiger partial charge on any atom is 0.357 e. The highest BCUT2D eigenvalue weighted by Gasteiger charge is 2.13. The minimum Gasteiger partial charge on any atom is -0.476 e. The SMILES string of the molecule is O=C(O)c1[nH]ncc1Oc1ccccc1. The lowest BCUT2D eigenvalue weighted by atomic mass is 10.3. The van der Waals surface area contributed by atoms with Crippen molar-refractivity contribution in [3.05, 3.63) is 42.2 Å². The summed E-state index contributed by atoms with van der Waals surface area (Å²) in [7, 11) is 0. The molecule has 2 aromatic rings. The first-order valence-corrected chi connectivity index (χ1v) is 4.27. The lowest BCUT2D eigenvalue weighted by Gasteiger charge is -2.02. The van der Waals surface area contributed by atoms with Gasteiger partial charge in [0.25, 0.3) is 0 Å². The largest absolute Gasteiger partial charge is 0.476 e. The maximum atomic E-state index is 10.7. The number of rotatable bonds is 3. The molecule has 0 fully saturated rings. The maximum absolute atomic E-state index is 10.7. The monoisotopic (exact) mass is 204 g/mol. The Bertz CT molecular complexity index is 465. The van der Waals surface area contributed by atoms with E-state index >= 15 is 0 Å². The molecule has 5 heteroatoms. The number of aromatic nitrogens is 2. The van der Waals surface area contributed by atoms with Crippen molar-refractivity contribution < 1.29 is 14.6 Å². The Morgan fingerprint density at radius 1 is 1.33 bits per heavy atom. The number of nitrogens with zero attached hydrogens (tertiary/aromatic N) is 1. The summed E-state index contributed by atoms with van der Waals surface area (Å²) in [6.07, 6.45) is 1.33. The number of H-pyrrole nitrogens is 1. The van der Waals surface area contributed by atoms with Gasteiger partial charge >= 0.3 is 5.97 Å². The Balaban J connectivity index is 2.25. The van der Waals surface area contributed by atoms with E-state index in [-0.39, 0.29) is 11.4 Å². The molecular weight excluding hydrogens is 196 g/mol. The molecule has 0 aliphatic rings. The molecule has 0 saturated heterocycles. The first-order chi connectivity index (χ1) is 7.27. The summed E-state index contributed by atoms with van der Waals surface area (Å²) in [6.45, 7) is 0. The van der Waals surface area contributed by atoms with Crippen molar-refractivity contribution in [2.75, 3.05) is 0 Å². The smallest absolute Gasteiger partial charge is 0.357 e. The van der Waals surface area contributed by atoms with E-state index in [0.29, 0.717) is 5.75 Å². The Kier molecular flexibility index (Phi) is 2.37. The summed E-state index contributed by atoms with van der Waals surface area (Å²) in [4.78, 5) is 10.7. The van der Waals surface area contributed by atoms with E-state index in [1.165, 1.54) is 6.20 Å². The number of hydrogen-bond acceptors (Lipinski definition) is 3. The van der Waals surface area contributed by atoms with Crippen LogP contribution in [0.25, 0.3) is 0 Å². The molecule has 0 aliphatic carbocycles. The molecule has 0 spiro atoms. The van der Waals surface area contributed by atoms with Crippen LogP contribution >= 0.6 is 0 Å². The molecule has 5 nitrogen and oxygen atoms in total. The predicted molar refractivity (Wildman–Crippen MR) is 52.1 cm³/mol. The average molecular weight is 204 g/mol. The number of nitrogens with one attached hydrogen (secondary N) is 1. The van der Waals surface area contributed by atoms with Gasteiger partial charge in [-0.3, -0.25) is 5.10 Å². The zero-order chi connectivity index (χ0) is 10.7. The van der Waals surface area contributed by atoms with Crippen molar-refractivity contribution in [1.82, 2.24) is 10.2 Å². The van der Waals surface area contributed by atoms with Gasteiger partial charge in [-0.05, 0) is 12.1 Å². The minimum atomic E-state index is -1.10. The molecule has 15 heavy (non-hydrogen) atoms. The number of hydrogen-bond donors (Lipinski definition) is 2. The Morgan fingerprint density at radius 3 is 2.73 bits per heavy atom. The van der Waals surface area contributed by atoms with Crippen LogP contribution in [0.4, 0.5) is 0 Å². The first kappa shape index (κ1) is 9.26. The van der Waals surface area contributed by atoms with Gasteiger partial charge in [0.05, 0.1) is 6.20 Å². The molecule has 0 bridgehead atoms. The van der Waals surface area contributed by atoms with Crippen LogP contribution < -0.4 is 4.74 Å². The average Bonchev–Trinajstić information content (AvgIpc) is 2.67. The van der Waals surface area contributed by atoms with Gasteiger partial charge < -0.3 is 9.84 Å². The quantitative estimate of drug-likeness (QED) is 0.800. The summed E-state index contributed by atoms with van der Waals surface area (Å²) < 4.78 is 5.34. The fourth-order valence-corrected chi connectivity index (χ4v) is 1.12. The van der Waals surface area contributed by atoms with Gasteiger partial charge in [0.15, 0.2) is 11.4 Å². The summed E-state index contributed by atoms with van der Waals surface area (Å²) in [5.74, 6) is -0.325. The molecule has 0 aliphatic heterocycles. The Hall–Kier alpha value is -2.30. The molecule has 2 N–H and O–H groups in total. The highest BCUT2D eigenvalue weighted by Crippen LogP contribution is 2.22. The van der Waals surface area contributed by atoms with Crippen LogP contribution in [0.15, 0.2) is 36.5 Å². The topological polar surface area (TPSA) is 75.2 Å². The molecule has 2 rings (SSSR count). The van der Waals surface area contributed by atoms with Gasteiger partial charge in [-0.2, -0.15) is 5.10 Å². The highest BCUT2D eigenvalue weighted by molar-refractivity contribution is 5.88. The van der Waals surface area contributed by atoms with Crippen molar-refractivity contribution in [2.24, 2.45) is 0 Å². The van der Waals surface area contributed by atoms with Gasteiger partial charge in [0.2, 0.25) is 0 Å². The summed E-state index contributed by atoms with van der Waals surface area (Å²) >= 11 is 0. The van der Waals surface area contributed by atoms with Crippen LogP contribution in [0.3, 0.4) is 0 Å². The lowest BCUT2D eigenvalue weighted by Crippen LogP contribution is -1.99. The number of para-hydroxylation sites is 1. The zero-order valence-electron chi connectivity index (χ0n) is 7.68. The van der Waals surface area contributed by atoms with Crippen molar-refractivity contribution in [3.63, 3.8) is 0 Å². The second-order valence-corrected chi connectivity index (χ2v) is 2.83. The third kappa shape index (κ3) is 1.96. The second-order valence-electron chi connectivity index (χ2n) is 2.83. The highest BCUT2D eigenvalue weighted by atomic mass is 16.5. The van der Waals surface area contributed by atoms with Crippen LogP contribution in [0.5, 0.6) is 11.5 Å². The van der Waals surface area contributed by atoms with E-state index in [9.17, 15) is 4.79 Å². The first-order valence-electron chi connectivity index (χ1n) is 4.27. The predicted octanol–water partition coefficient (Wildman–Crippen LogP) is 1.90. The summed E-state index contributed by atoms with van der Waals surface area (Å²) in [5, 5.41) is 14.7. The number of carboxylic acids is 1. The minimum absolute atomic E-state index is 0.0566. The van der Waals surface area contributed by atoms with E-state index in [4.69, 9.17) is 9.84 Å². The van der Waals surface area contributed by atoms with Crippen LogP contribution in [-0.4, -0.2) is 21.3 Å². The molecule has 1 aromatic heterocycles. The third-order valence-electron chi connectivity index (χ3n) is 1.79.